The van der Waals surface area contributed by atoms with Crippen molar-refractivity contribution in [1.29, 1.82) is 0 Å². The first-order chi connectivity index (χ1) is 14.1. The Morgan fingerprint density at radius 3 is 2.07 bits per heavy atom. The normalized spacial score (nSPS) is 24.9. The SMILES string of the molecule is COC(=O)/C=C1\CC(C)=CCCC12O[C@H](c1ccccc1)[C@@H](c1ccccc1)O2. The molecule has 1 heterocycles. The lowest BCUT2D eigenvalue weighted by Gasteiger charge is -2.30. The van der Waals surface area contributed by atoms with Gasteiger partial charge >= 0.3 is 5.97 Å². The number of esters is 1. The van der Waals surface area contributed by atoms with E-state index in [9.17, 15) is 4.79 Å². The number of rotatable bonds is 3. The van der Waals surface area contributed by atoms with Crippen LogP contribution in [0.5, 0.6) is 0 Å². The van der Waals surface area contributed by atoms with Gasteiger partial charge in [-0.3, -0.25) is 0 Å². The third-order valence-electron chi connectivity index (χ3n) is 5.58. The van der Waals surface area contributed by atoms with Crippen LogP contribution in [0.25, 0.3) is 0 Å². The summed E-state index contributed by atoms with van der Waals surface area (Å²) in [4.78, 5) is 12.1. The summed E-state index contributed by atoms with van der Waals surface area (Å²) in [7, 11) is 1.39. The Hall–Kier alpha value is -2.69. The van der Waals surface area contributed by atoms with Crippen molar-refractivity contribution < 1.29 is 19.0 Å². The quantitative estimate of drug-likeness (QED) is 0.398. The molecule has 4 heteroatoms. The van der Waals surface area contributed by atoms with Crippen LogP contribution in [0.4, 0.5) is 0 Å². The molecule has 1 fully saturated rings. The Morgan fingerprint density at radius 1 is 1.00 bits per heavy atom. The molecule has 150 valence electrons. The molecule has 0 amide bonds. The molecule has 2 aromatic carbocycles. The third-order valence-corrected chi connectivity index (χ3v) is 5.58. The van der Waals surface area contributed by atoms with Crippen molar-refractivity contribution in [2.24, 2.45) is 0 Å². The summed E-state index contributed by atoms with van der Waals surface area (Å²) < 4.78 is 18.3. The summed E-state index contributed by atoms with van der Waals surface area (Å²) in [5, 5.41) is 0. The molecule has 29 heavy (non-hydrogen) atoms. The van der Waals surface area contributed by atoms with E-state index in [-0.39, 0.29) is 18.2 Å². The molecule has 0 N–H and O–H groups in total. The molecule has 2 aromatic rings. The number of hydrogen-bond acceptors (Lipinski definition) is 4. The van der Waals surface area contributed by atoms with Crippen molar-refractivity contribution in [2.45, 2.75) is 44.2 Å². The van der Waals surface area contributed by atoms with Crippen molar-refractivity contribution in [1.82, 2.24) is 0 Å². The average molecular weight is 390 g/mol. The molecular weight excluding hydrogens is 364 g/mol. The van der Waals surface area contributed by atoms with Gasteiger partial charge in [0.2, 0.25) is 0 Å². The average Bonchev–Trinajstić information content (AvgIpc) is 3.08. The number of carbonyl (C=O) groups excluding carboxylic acids is 1. The molecule has 0 saturated carbocycles. The van der Waals surface area contributed by atoms with E-state index in [2.05, 4.69) is 37.3 Å². The highest BCUT2D eigenvalue weighted by atomic mass is 16.8. The van der Waals surface area contributed by atoms with Gasteiger partial charge in [-0.1, -0.05) is 72.3 Å². The van der Waals surface area contributed by atoms with E-state index in [0.29, 0.717) is 12.8 Å². The Morgan fingerprint density at radius 2 is 1.55 bits per heavy atom. The van der Waals surface area contributed by atoms with Gasteiger partial charge < -0.3 is 14.2 Å². The highest BCUT2D eigenvalue weighted by Crippen LogP contribution is 2.53. The van der Waals surface area contributed by atoms with Gasteiger partial charge in [0.25, 0.3) is 0 Å². The van der Waals surface area contributed by atoms with E-state index < -0.39 is 5.79 Å². The summed E-state index contributed by atoms with van der Waals surface area (Å²) in [5.41, 5.74) is 4.13. The van der Waals surface area contributed by atoms with Gasteiger partial charge in [-0.2, -0.15) is 0 Å². The standard InChI is InChI=1S/C25H26O4/c1-18-10-9-15-25(21(16-18)17-22(26)27-2)28-23(19-11-5-3-6-12-19)24(29-25)20-13-7-4-8-14-20/h3-8,10-14,17,23-24H,9,15-16H2,1-2H3/b21-17+/t23-,24-/m1/s1. The maximum absolute atomic E-state index is 12.1. The van der Waals surface area contributed by atoms with Crippen LogP contribution in [0.3, 0.4) is 0 Å². The molecule has 4 rings (SSSR count). The number of allylic oxidation sites excluding steroid dienone is 2. The number of benzene rings is 2. The van der Waals surface area contributed by atoms with Gasteiger partial charge in [-0.15, -0.1) is 0 Å². The highest BCUT2D eigenvalue weighted by Gasteiger charge is 2.51. The van der Waals surface area contributed by atoms with Crippen molar-refractivity contribution in [3.63, 3.8) is 0 Å². The number of methoxy groups -OCH3 is 1. The molecule has 0 unspecified atom stereocenters. The molecule has 2 atom stereocenters. The maximum atomic E-state index is 12.1. The van der Waals surface area contributed by atoms with Gasteiger partial charge in [0.05, 0.1) is 7.11 Å². The second-order valence-electron chi connectivity index (χ2n) is 7.61. The van der Waals surface area contributed by atoms with Crippen LogP contribution in [-0.2, 0) is 19.0 Å². The molecule has 0 bridgehead atoms. The second-order valence-corrected chi connectivity index (χ2v) is 7.61. The lowest BCUT2D eigenvalue weighted by molar-refractivity contribution is -0.153. The number of carbonyl (C=O) groups is 1. The molecule has 4 nitrogen and oxygen atoms in total. The summed E-state index contributed by atoms with van der Waals surface area (Å²) in [6.45, 7) is 2.07. The van der Waals surface area contributed by atoms with E-state index in [1.165, 1.54) is 18.8 Å². The van der Waals surface area contributed by atoms with Crippen molar-refractivity contribution in [3.8, 4) is 0 Å². The minimum atomic E-state index is -0.955. The van der Waals surface area contributed by atoms with Gasteiger partial charge in [-0.25, -0.2) is 4.79 Å². The van der Waals surface area contributed by atoms with Gasteiger partial charge in [0, 0.05) is 12.5 Å². The predicted octanol–water partition coefficient (Wildman–Crippen LogP) is 5.44. The molecular formula is C25H26O4. The summed E-state index contributed by atoms with van der Waals surface area (Å²) >= 11 is 0. The zero-order valence-corrected chi connectivity index (χ0v) is 16.8. The molecule has 1 aliphatic carbocycles. The minimum Gasteiger partial charge on any atom is -0.466 e. The Kier molecular flexibility index (Phi) is 5.65. The zero-order valence-electron chi connectivity index (χ0n) is 16.8. The van der Waals surface area contributed by atoms with Crippen molar-refractivity contribution in [3.05, 3.63) is 95.1 Å². The number of hydrogen-bond donors (Lipinski definition) is 0. The first kappa shape index (κ1) is 19.6. The van der Waals surface area contributed by atoms with Gasteiger partial charge in [0.15, 0.2) is 5.79 Å². The van der Waals surface area contributed by atoms with Crippen LogP contribution in [0.2, 0.25) is 0 Å². The largest absolute Gasteiger partial charge is 0.466 e. The van der Waals surface area contributed by atoms with E-state index in [1.807, 2.05) is 36.4 Å². The summed E-state index contributed by atoms with van der Waals surface area (Å²) in [6, 6.07) is 20.3. The fourth-order valence-electron chi connectivity index (χ4n) is 4.14. The van der Waals surface area contributed by atoms with E-state index in [4.69, 9.17) is 14.2 Å². The molecule has 1 spiro atoms. The number of ether oxygens (including phenoxy) is 3. The van der Waals surface area contributed by atoms with Crippen molar-refractivity contribution in [2.75, 3.05) is 7.11 Å². The monoisotopic (exact) mass is 390 g/mol. The molecule has 2 aliphatic rings. The Balaban J connectivity index is 1.78. The first-order valence-corrected chi connectivity index (χ1v) is 10.0. The van der Waals surface area contributed by atoms with Crippen LogP contribution < -0.4 is 0 Å². The topological polar surface area (TPSA) is 44.8 Å². The maximum Gasteiger partial charge on any atom is 0.330 e. The van der Waals surface area contributed by atoms with Crippen LogP contribution >= 0.6 is 0 Å². The lowest BCUT2D eigenvalue weighted by Crippen LogP contribution is -2.33. The van der Waals surface area contributed by atoms with Crippen LogP contribution in [0.15, 0.2) is 84.0 Å². The highest BCUT2D eigenvalue weighted by molar-refractivity contribution is 5.83. The van der Waals surface area contributed by atoms with Gasteiger partial charge in [-0.05, 0) is 36.5 Å². The second kappa shape index (κ2) is 8.36. The summed E-state index contributed by atoms with van der Waals surface area (Å²) in [5.74, 6) is -1.34. The van der Waals surface area contributed by atoms with Gasteiger partial charge in [0.1, 0.15) is 12.2 Å². The van der Waals surface area contributed by atoms with Crippen LogP contribution in [-0.4, -0.2) is 18.9 Å². The molecule has 0 aromatic heterocycles. The molecule has 1 saturated heterocycles. The Bertz CT molecular complexity index is 867. The molecule has 1 aliphatic heterocycles. The molecule has 0 radical (unpaired) electrons. The third kappa shape index (κ3) is 4.04. The van der Waals surface area contributed by atoms with E-state index in [1.54, 1.807) is 0 Å². The minimum absolute atomic E-state index is 0.266. The fourth-order valence-corrected chi connectivity index (χ4v) is 4.14. The summed E-state index contributed by atoms with van der Waals surface area (Å²) in [6.07, 6.45) is 5.31. The predicted molar refractivity (Wildman–Crippen MR) is 111 cm³/mol. The van der Waals surface area contributed by atoms with Crippen molar-refractivity contribution >= 4 is 5.97 Å². The fraction of sp³-hybridized carbons (Fsp3) is 0.320. The lowest BCUT2D eigenvalue weighted by atomic mass is 9.98. The smallest absolute Gasteiger partial charge is 0.330 e. The zero-order chi connectivity index (χ0) is 20.3. The van der Waals surface area contributed by atoms with Crippen LogP contribution in [0, 0.1) is 0 Å². The Labute approximate surface area is 171 Å². The van der Waals surface area contributed by atoms with Crippen LogP contribution in [0.1, 0.15) is 49.5 Å². The van der Waals surface area contributed by atoms with E-state index >= 15 is 0 Å². The van der Waals surface area contributed by atoms with E-state index in [0.717, 1.165) is 23.1 Å². The first-order valence-electron chi connectivity index (χ1n) is 10.0.